The molecule has 0 aliphatic carbocycles. The van der Waals surface area contributed by atoms with E-state index in [2.05, 4.69) is 34.7 Å². The van der Waals surface area contributed by atoms with Crippen LogP contribution in [0.25, 0.3) is 0 Å². The molecule has 0 saturated carbocycles. The highest BCUT2D eigenvalue weighted by Crippen LogP contribution is 2.17. The third-order valence-electron chi connectivity index (χ3n) is 2.41. The lowest BCUT2D eigenvalue weighted by Crippen LogP contribution is -2.19. The van der Waals surface area contributed by atoms with Crippen molar-refractivity contribution in [2.45, 2.75) is 20.4 Å². The fraction of sp³-hybridized carbons (Fsp3) is 0.385. The summed E-state index contributed by atoms with van der Waals surface area (Å²) in [4.78, 5) is 0. The summed E-state index contributed by atoms with van der Waals surface area (Å²) >= 11 is 0. The number of aromatic nitrogens is 2. The highest BCUT2D eigenvalue weighted by atomic mass is 19.1. The van der Waals surface area contributed by atoms with Crippen molar-refractivity contribution in [2.24, 2.45) is 5.92 Å². The standard InChI is InChI=1S/C13H16F2N4O/c1-8(2)6-16-7-12-18-19-13(20-12)17-11-4-9(14)3-10(15)5-11/h3-5,8,16H,6-7H2,1-2H3,(H,17,19). The normalized spacial score (nSPS) is 11.1. The zero-order valence-corrected chi connectivity index (χ0v) is 11.3. The van der Waals surface area contributed by atoms with E-state index < -0.39 is 11.6 Å². The molecule has 0 aliphatic heterocycles. The highest BCUT2D eigenvalue weighted by Gasteiger charge is 2.08. The Hall–Kier alpha value is -2.02. The number of hydrogen-bond acceptors (Lipinski definition) is 5. The molecule has 2 aromatic rings. The summed E-state index contributed by atoms with van der Waals surface area (Å²) in [6, 6.07) is 3.17. The largest absolute Gasteiger partial charge is 0.406 e. The minimum absolute atomic E-state index is 0.0938. The maximum atomic E-state index is 13.0. The van der Waals surface area contributed by atoms with Gasteiger partial charge in [0.15, 0.2) is 0 Å². The van der Waals surface area contributed by atoms with Crippen molar-refractivity contribution < 1.29 is 13.2 Å². The van der Waals surface area contributed by atoms with Crippen molar-refractivity contribution >= 4 is 11.7 Å². The maximum Gasteiger partial charge on any atom is 0.320 e. The van der Waals surface area contributed by atoms with E-state index in [1.807, 2.05) is 0 Å². The van der Waals surface area contributed by atoms with Crippen LogP contribution in [0.4, 0.5) is 20.5 Å². The van der Waals surface area contributed by atoms with Gasteiger partial charge in [0.25, 0.3) is 0 Å². The molecule has 7 heteroatoms. The second-order valence-corrected chi connectivity index (χ2v) is 4.81. The fourth-order valence-corrected chi connectivity index (χ4v) is 1.59. The van der Waals surface area contributed by atoms with Crippen molar-refractivity contribution in [3.8, 4) is 0 Å². The van der Waals surface area contributed by atoms with Gasteiger partial charge in [-0.3, -0.25) is 0 Å². The van der Waals surface area contributed by atoms with Gasteiger partial charge in [-0.25, -0.2) is 8.78 Å². The number of halogens is 2. The van der Waals surface area contributed by atoms with Crippen LogP contribution in [0.2, 0.25) is 0 Å². The summed E-state index contributed by atoms with van der Waals surface area (Å²) in [5, 5.41) is 13.4. The van der Waals surface area contributed by atoms with Gasteiger partial charge in [-0.1, -0.05) is 18.9 Å². The third kappa shape index (κ3) is 4.27. The molecule has 0 fully saturated rings. The summed E-state index contributed by atoms with van der Waals surface area (Å²) in [6.45, 7) is 5.46. The Morgan fingerprint density at radius 1 is 1.15 bits per heavy atom. The Kier molecular flexibility index (Phi) is 4.62. The molecule has 0 saturated heterocycles. The van der Waals surface area contributed by atoms with Gasteiger partial charge >= 0.3 is 6.01 Å². The summed E-state index contributed by atoms with van der Waals surface area (Å²) < 4.78 is 31.4. The van der Waals surface area contributed by atoms with Gasteiger partial charge in [0.1, 0.15) is 11.6 Å². The predicted molar refractivity (Wildman–Crippen MR) is 70.5 cm³/mol. The smallest absolute Gasteiger partial charge is 0.320 e. The van der Waals surface area contributed by atoms with E-state index in [9.17, 15) is 8.78 Å². The molecule has 1 heterocycles. The van der Waals surface area contributed by atoms with Gasteiger partial charge in [-0.05, 0) is 24.6 Å². The molecule has 1 aromatic heterocycles. The minimum atomic E-state index is -0.675. The third-order valence-corrected chi connectivity index (χ3v) is 2.41. The van der Waals surface area contributed by atoms with Crippen LogP contribution in [-0.4, -0.2) is 16.7 Å². The molecule has 108 valence electrons. The van der Waals surface area contributed by atoms with Crippen LogP contribution in [0.1, 0.15) is 19.7 Å². The fourth-order valence-electron chi connectivity index (χ4n) is 1.59. The quantitative estimate of drug-likeness (QED) is 0.853. The van der Waals surface area contributed by atoms with Crippen LogP contribution < -0.4 is 10.6 Å². The van der Waals surface area contributed by atoms with Crippen LogP contribution >= 0.6 is 0 Å². The monoisotopic (exact) mass is 282 g/mol. The number of anilines is 2. The van der Waals surface area contributed by atoms with E-state index in [1.54, 1.807) is 0 Å². The Bertz CT molecular complexity index is 551. The molecule has 1 aromatic carbocycles. The second-order valence-electron chi connectivity index (χ2n) is 4.81. The maximum absolute atomic E-state index is 13.0. The molecule has 0 aliphatic rings. The first-order valence-electron chi connectivity index (χ1n) is 6.29. The van der Waals surface area contributed by atoms with E-state index >= 15 is 0 Å². The number of nitrogens with one attached hydrogen (secondary N) is 2. The van der Waals surface area contributed by atoms with Crippen molar-refractivity contribution in [1.29, 1.82) is 0 Å². The van der Waals surface area contributed by atoms with Gasteiger partial charge in [0.2, 0.25) is 5.89 Å². The van der Waals surface area contributed by atoms with Crippen molar-refractivity contribution in [2.75, 3.05) is 11.9 Å². The molecule has 0 amide bonds. The molecule has 0 spiro atoms. The Labute approximate surface area is 115 Å². The lowest BCUT2D eigenvalue weighted by molar-refractivity contribution is 0.460. The SMILES string of the molecule is CC(C)CNCc1nnc(Nc2cc(F)cc(F)c2)o1. The van der Waals surface area contributed by atoms with Crippen molar-refractivity contribution in [3.63, 3.8) is 0 Å². The van der Waals surface area contributed by atoms with Crippen LogP contribution in [0.5, 0.6) is 0 Å². The molecule has 2 N–H and O–H groups in total. The van der Waals surface area contributed by atoms with Gasteiger partial charge in [0.05, 0.1) is 6.54 Å². The van der Waals surface area contributed by atoms with Gasteiger partial charge in [-0.15, -0.1) is 5.10 Å². The zero-order chi connectivity index (χ0) is 14.5. The molecule has 0 atom stereocenters. The summed E-state index contributed by atoms with van der Waals surface area (Å²) in [6.07, 6.45) is 0. The second kappa shape index (κ2) is 6.42. The number of benzene rings is 1. The molecule has 0 radical (unpaired) electrons. The average molecular weight is 282 g/mol. The summed E-state index contributed by atoms with van der Waals surface area (Å²) in [5.74, 6) is -0.424. The molecule has 5 nitrogen and oxygen atoms in total. The van der Waals surface area contributed by atoms with Gasteiger partial charge < -0.3 is 15.1 Å². The number of hydrogen-bond donors (Lipinski definition) is 2. The Morgan fingerprint density at radius 2 is 1.85 bits per heavy atom. The van der Waals surface area contributed by atoms with Gasteiger partial charge in [0, 0.05) is 11.8 Å². The molecule has 0 unspecified atom stereocenters. The van der Waals surface area contributed by atoms with E-state index in [-0.39, 0.29) is 11.7 Å². The number of rotatable bonds is 6. The predicted octanol–water partition coefficient (Wildman–Crippen LogP) is 2.84. The van der Waals surface area contributed by atoms with E-state index in [1.165, 1.54) is 0 Å². The molecule has 20 heavy (non-hydrogen) atoms. The summed E-state index contributed by atoms with van der Waals surface area (Å²) in [7, 11) is 0. The number of nitrogens with zero attached hydrogens (tertiary/aromatic N) is 2. The van der Waals surface area contributed by atoms with Crippen molar-refractivity contribution in [3.05, 3.63) is 35.7 Å². The van der Waals surface area contributed by atoms with Crippen LogP contribution in [0.15, 0.2) is 22.6 Å². The van der Waals surface area contributed by atoms with Crippen molar-refractivity contribution in [1.82, 2.24) is 15.5 Å². The highest BCUT2D eigenvalue weighted by molar-refractivity contribution is 5.51. The Morgan fingerprint density at radius 3 is 2.50 bits per heavy atom. The first-order chi connectivity index (χ1) is 9.52. The zero-order valence-electron chi connectivity index (χ0n) is 11.3. The van der Waals surface area contributed by atoms with E-state index in [0.717, 1.165) is 24.7 Å². The van der Waals surface area contributed by atoms with E-state index in [4.69, 9.17) is 4.42 Å². The average Bonchev–Trinajstić information content (AvgIpc) is 2.74. The Balaban J connectivity index is 1.95. The molecule has 2 rings (SSSR count). The summed E-state index contributed by atoms with van der Waals surface area (Å²) in [5.41, 5.74) is 0.216. The molecular weight excluding hydrogens is 266 g/mol. The lowest BCUT2D eigenvalue weighted by atomic mass is 10.2. The minimum Gasteiger partial charge on any atom is -0.406 e. The van der Waals surface area contributed by atoms with Crippen LogP contribution in [-0.2, 0) is 6.54 Å². The molecular formula is C13H16F2N4O. The lowest BCUT2D eigenvalue weighted by Gasteiger charge is -2.04. The topological polar surface area (TPSA) is 63.0 Å². The first-order valence-corrected chi connectivity index (χ1v) is 6.29. The van der Waals surface area contributed by atoms with Crippen LogP contribution in [0.3, 0.4) is 0 Å². The van der Waals surface area contributed by atoms with Crippen LogP contribution in [0, 0.1) is 17.6 Å². The molecule has 0 bridgehead atoms. The van der Waals surface area contributed by atoms with Gasteiger partial charge in [-0.2, -0.15) is 0 Å². The first kappa shape index (κ1) is 14.4. The van der Waals surface area contributed by atoms with E-state index in [0.29, 0.717) is 18.4 Å².